The second-order valence-electron chi connectivity index (χ2n) is 6.86. The average Bonchev–Trinajstić information content (AvgIpc) is 2.67. The van der Waals surface area contributed by atoms with E-state index in [4.69, 9.17) is 4.74 Å². The summed E-state index contributed by atoms with van der Waals surface area (Å²) in [5.74, 6) is 0.0299. The van der Waals surface area contributed by atoms with Crippen LogP contribution in [0.5, 0.6) is 5.75 Å². The minimum Gasteiger partial charge on any atom is -0.480 e. The molecule has 0 bridgehead atoms. The summed E-state index contributed by atoms with van der Waals surface area (Å²) in [5, 5.41) is 0. The van der Waals surface area contributed by atoms with Gasteiger partial charge in [-0.05, 0) is 73.4 Å². The van der Waals surface area contributed by atoms with Crippen molar-refractivity contribution >= 4 is 15.9 Å². The highest BCUT2D eigenvalue weighted by Gasteiger charge is 2.29. The smallest absolute Gasteiger partial charge is 0.274 e. The van der Waals surface area contributed by atoms with Crippen molar-refractivity contribution in [2.24, 2.45) is 0 Å². The molecule has 26 heavy (non-hydrogen) atoms. The third-order valence-electron chi connectivity index (χ3n) is 5.08. The Kier molecular flexibility index (Phi) is 4.44. The molecular weight excluding hydrogens is 350 g/mol. The molecule has 0 saturated carbocycles. The first kappa shape index (κ1) is 17.1. The summed E-state index contributed by atoms with van der Waals surface area (Å²) in [6.45, 7) is 0. The molecule has 0 fully saturated rings. The standard InChI is InChI=1S/C20H21NO4S/c22-20(19-12-10-15-6-3-4-8-18(15)25-19)21-26(23,24)17-11-9-14-5-1-2-7-16(14)13-17/h3-4,6,8-9,11,13,19H,1-2,5,7,10,12H2,(H,21,22). The molecule has 1 unspecified atom stereocenters. The van der Waals surface area contributed by atoms with Crippen molar-refractivity contribution in [1.29, 1.82) is 0 Å². The Labute approximate surface area is 153 Å². The van der Waals surface area contributed by atoms with Crippen LogP contribution >= 0.6 is 0 Å². The van der Waals surface area contributed by atoms with Gasteiger partial charge < -0.3 is 4.74 Å². The summed E-state index contributed by atoms with van der Waals surface area (Å²) in [4.78, 5) is 12.6. The van der Waals surface area contributed by atoms with Gasteiger partial charge in [-0.15, -0.1) is 0 Å². The van der Waals surface area contributed by atoms with E-state index in [2.05, 4.69) is 4.72 Å². The topological polar surface area (TPSA) is 72.5 Å². The molecular formula is C20H21NO4S. The molecule has 5 nitrogen and oxygen atoms in total. The Balaban J connectivity index is 1.50. The first-order valence-electron chi connectivity index (χ1n) is 8.96. The van der Waals surface area contributed by atoms with E-state index in [1.54, 1.807) is 18.2 Å². The Morgan fingerprint density at radius 2 is 1.73 bits per heavy atom. The number of sulfonamides is 1. The molecule has 1 atom stereocenters. The highest BCUT2D eigenvalue weighted by molar-refractivity contribution is 7.90. The fraction of sp³-hybridized carbons (Fsp3) is 0.350. The molecule has 1 heterocycles. The Hall–Kier alpha value is -2.34. The fourth-order valence-electron chi connectivity index (χ4n) is 3.64. The van der Waals surface area contributed by atoms with Gasteiger partial charge in [0.2, 0.25) is 0 Å². The third-order valence-corrected chi connectivity index (χ3v) is 6.42. The van der Waals surface area contributed by atoms with Crippen molar-refractivity contribution < 1.29 is 17.9 Å². The zero-order chi connectivity index (χ0) is 18.1. The Bertz CT molecular complexity index is 952. The Morgan fingerprint density at radius 1 is 0.962 bits per heavy atom. The van der Waals surface area contributed by atoms with Crippen molar-refractivity contribution in [2.45, 2.75) is 49.5 Å². The van der Waals surface area contributed by atoms with Gasteiger partial charge in [-0.2, -0.15) is 0 Å². The number of aryl methyl sites for hydroxylation is 3. The number of hydrogen-bond donors (Lipinski definition) is 1. The number of amides is 1. The fourth-order valence-corrected chi connectivity index (χ4v) is 4.70. The van der Waals surface area contributed by atoms with Crippen LogP contribution in [0.15, 0.2) is 47.4 Å². The van der Waals surface area contributed by atoms with Gasteiger partial charge >= 0.3 is 0 Å². The molecule has 4 rings (SSSR count). The van der Waals surface area contributed by atoms with Gasteiger partial charge in [0.15, 0.2) is 6.10 Å². The molecule has 0 aromatic heterocycles. The highest BCUT2D eigenvalue weighted by atomic mass is 32.2. The van der Waals surface area contributed by atoms with Crippen LogP contribution < -0.4 is 9.46 Å². The normalized spacial score (nSPS) is 19.0. The maximum absolute atomic E-state index is 12.6. The van der Waals surface area contributed by atoms with Crippen molar-refractivity contribution in [3.05, 3.63) is 59.2 Å². The van der Waals surface area contributed by atoms with Gasteiger partial charge in [0.05, 0.1) is 4.90 Å². The van der Waals surface area contributed by atoms with E-state index >= 15 is 0 Å². The minimum atomic E-state index is -3.90. The van der Waals surface area contributed by atoms with Crippen LogP contribution in [0.1, 0.15) is 36.0 Å². The molecule has 1 N–H and O–H groups in total. The van der Waals surface area contributed by atoms with E-state index in [0.29, 0.717) is 18.6 Å². The molecule has 1 aliphatic carbocycles. The number of fused-ring (bicyclic) bond motifs is 2. The number of carbonyl (C=O) groups excluding carboxylic acids is 1. The number of nitrogens with one attached hydrogen (secondary N) is 1. The summed E-state index contributed by atoms with van der Waals surface area (Å²) in [5.41, 5.74) is 3.30. The number of benzene rings is 2. The maximum atomic E-state index is 12.6. The third kappa shape index (κ3) is 3.33. The van der Waals surface area contributed by atoms with Gasteiger partial charge in [-0.3, -0.25) is 4.79 Å². The van der Waals surface area contributed by atoms with Gasteiger partial charge in [0.25, 0.3) is 15.9 Å². The van der Waals surface area contributed by atoms with E-state index in [1.807, 2.05) is 24.3 Å². The van der Waals surface area contributed by atoms with Crippen molar-refractivity contribution in [3.63, 3.8) is 0 Å². The maximum Gasteiger partial charge on any atom is 0.274 e. The predicted octanol–water partition coefficient (Wildman–Crippen LogP) is 2.76. The van der Waals surface area contributed by atoms with Crippen LogP contribution in [0.25, 0.3) is 0 Å². The van der Waals surface area contributed by atoms with Crippen molar-refractivity contribution in [2.75, 3.05) is 0 Å². The lowest BCUT2D eigenvalue weighted by atomic mass is 9.92. The second kappa shape index (κ2) is 6.76. The van der Waals surface area contributed by atoms with Crippen molar-refractivity contribution in [3.8, 4) is 5.75 Å². The molecule has 136 valence electrons. The molecule has 0 radical (unpaired) electrons. The molecule has 2 aliphatic rings. The molecule has 2 aromatic rings. The number of para-hydroxylation sites is 1. The van der Waals surface area contributed by atoms with Gasteiger partial charge in [-0.25, -0.2) is 13.1 Å². The quantitative estimate of drug-likeness (QED) is 0.900. The van der Waals surface area contributed by atoms with Gasteiger partial charge in [0, 0.05) is 0 Å². The molecule has 1 aliphatic heterocycles. The van der Waals surface area contributed by atoms with Crippen LogP contribution in [0.4, 0.5) is 0 Å². The second-order valence-corrected chi connectivity index (χ2v) is 8.54. The van der Waals surface area contributed by atoms with E-state index in [-0.39, 0.29) is 4.90 Å². The zero-order valence-corrected chi connectivity index (χ0v) is 15.2. The molecule has 1 amide bonds. The van der Waals surface area contributed by atoms with Gasteiger partial charge in [-0.1, -0.05) is 24.3 Å². The van der Waals surface area contributed by atoms with E-state index in [9.17, 15) is 13.2 Å². The summed E-state index contributed by atoms with van der Waals surface area (Å²) >= 11 is 0. The van der Waals surface area contributed by atoms with E-state index in [1.165, 1.54) is 5.56 Å². The zero-order valence-electron chi connectivity index (χ0n) is 14.4. The molecule has 6 heteroatoms. The lowest BCUT2D eigenvalue weighted by Crippen LogP contribution is -2.43. The molecule has 2 aromatic carbocycles. The SMILES string of the molecule is O=C(NS(=O)(=O)c1ccc2c(c1)CCCC2)C1CCc2ccccc2O1. The van der Waals surface area contributed by atoms with E-state index < -0.39 is 22.0 Å². The van der Waals surface area contributed by atoms with Crippen LogP contribution in [-0.2, 0) is 34.1 Å². The average molecular weight is 371 g/mol. The first-order valence-corrected chi connectivity index (χ1v) is 10.4. The first-order chi connectivity index (χ1) is 12.5. The lowest BCUT2D eigenvalue weighted by Gasteiger charge is -2.25. The number of rotatable bonds is 3. The van der Waals surface area contributed by atoms with Crippen molar-refractivity contribution in [1.82, 2.24) is 4.72 Å². The largest absolute Gasteiger partial charge is 0.480 e. The van der Waals surface area contributed by atoms with Crippen LogP contribution in [-0.4, -0.2) is 20.4 Å². The predicted molar refractivity (Wildman–Crippen MR) is 97.6 cm³/mol. The highest BCUT2D eigenvalue weighted by Crippen LogP contribution is 2.28. The number of carbonyl (C=O) groups is 1. The summed E-state index contributed by atoms with van der Waals surface area (Å²) in [7, 11) is -3.90. The Morgan fingerprint density at radius 3 is 2.58 bits per heavy atom. The van der Waals surface area contributed by atoms with Crippen LogP contribution in [0.2, 0.25) is 0 Å². The number of ether oxygens (including phenoxy) is 1. The monoisotopic (exact) mass is 371 g/mol. The number of hydrogen-bond acceptors (Lipinski definition) is 4. The van der Waals surface area contributed by atoms with Gasteiger partial charge in [0.1, 0.15) is 5.75 Å². The minimum absolute atomic E-state index is 0.141. The lowest BCUT2D eigenvalue weighted by molar-refractivity contribution is -0.126. The summed E-state index contributed by atoms with van der Waals surface area (Å²) < 4.78 is 33.1. The molecule has 0 saturated heterocycles. The summed E-state index contributed by atoms with van der Waals surface area (Å²) in [6, 6.07) is 12.6. The van der Waals surface area contributed by atoms with E-state index in [0.717, 1.165) is 36.8 Å². The van der Waals surface area contributed by atoms with Crippen LogP contribution in [0, 0.1) is 0 Å². The summed E-state index contributed by atoms with van der Waals surface area (Å²) in [6.07, 6.45) is 4.42. The molecule has 0 spiro atoms. The van der Waals surface area contributed by atoms with Crippen LogP contribution in [0.3, 0.4) is 0 Å².